The molecule has 0 bridgehead atoms. The van der Waals surface area contributed by atoms with E-state index in [0.717, 1.165) is 5.56 Å². The van der Waals surface area contributed by atoms with E-state index in [-0.39, 0.29) is 17.2 Å². The Balaban J connectivity index is 2.19. The summed E-state index contributed by atoms with van der Waals surface area (Å²) in [5.41, 5.74) is 0.890. The molecule has 5 heteroatoms. The fourth-order valence-electron chi connectivity index (χ4n) is 1.62. The molecule has 4 nitrogen and oxygen atoms in total. The third-order valence-corrected chi connectivity index (χ3v) is 3.96. The van der Waals surface area contributed by atoms with Crippen LogP contribution in [0.5, 0.6) is 5.75 Å². The number of benzene rings is 2. The molecule has 19 heavy (non-hydrogen) atoms. The van der Waals surface area contributed by atoms with Crippen LogP contribution in [0.15, 0.2) is 53.4 Å². The van der Waals surface area contributed by atoms with Crippen LogP contribution in [-0.4, -0.2) is 15.5 Å². The molecule has 2 aromatic carbocycles. The monoisotopic (exact) mass is 276 g/mol. The average molecular weight is 276 g/mol. The lowest BCUT2D eigenvalue weighted by Crippen LogP contribution is -2.23. The van der Waals surface area contributed by atoms with Gasteiger partial charge in [-0.3, -0.25) is 0 Å². The molecule has 2 rings (SSSR count). The van der Waals surface area contributed by atoms with Gasteiger partial charge in [0.1, 0.15) is 10.6 Å². The highest BCUT2D eigenvalue weighted by molar-refractivity contribution is 7.89. The number of hydrogen-bond acceptors (Lipinski definition) is 3. The number of methoxy groups -OCH3 is 1. The van der Waals surface area contributed by atoms with E-state index in [1.54, 1.807) is 18.2 Å². The van der Waals surface area contributed by atoms with Gasteiger partial charge in [-0.2, -0.15) is 0 Å². The quantitative estimate of drug-likeness (QED) is 0.908. The van der Waals surface area contributed by atoms with Crippen molar-refractivity contribution in [2.75, 3.05) is 7.11 Å². The fourth-order valence-corrected chi connectivity index (χ4v) is 2.76. The van der Waals surface area contributed by atoms with Gasteiger partial charge in [-0.25, -0.2) is 13.1 Å². The zero-order valence-corrected chi connectivity index (χ0v) is 11.3. The summed E-state index contributed by atoms with van der Waals surface area (Å²) in [4.78, 5) is 0.0217. The predicted molar refractivity (Wildman–Crippen MR) is 72.3 cm³/mol. The molecule has 0 aliphatic carbocycles. The van der Waals surface area contributed by atoms with Crippen molar-refractivity contribution in [3.8, 4) is 5.75 Å². The lowest BCUT2D eigenvalue weighted by Gasteiger charge is -2.10. The molecule has 0 saturated carbocycles. The second kappa shape index (κ2) is 5.86. The van der Waals surface area contributed by atoms with E-state index < -0.39 is 10.0 Å². The van der Waals surface area contributed by atoms with Gasteiger partial charge in [-0.1, -0.05) is 42.5 Å². The van der Waals surface area contributed by atoms with E-state index >= 15 is 0 Å². The van der Waals surface area contributed by atoms with Gasteiger partial charge in [-0.15, -0.1) is 0 Å². The second-order valence-electron chi connectivity index (χ2n) is 3.88. The average Bonchev–Trinajstić information content (AvgIpc) is 2.46. The van der Waals surface area contributed by atoms with Gasteiger partial charge in [0.25, 0.3) is 0 Å². The lowest BCUT2D eigenvalue weighted by atomic mass is 10.2. The predicted octanol–water partition coefficient (Wildman–Crippen LogP) is 1.97. The molecule has 0 atom stereocenters. The van der Waals surface area contributed by atoms with Crippen molar-refractivity contribution in [3.63, 3.8) is 0 Å². The summed E-state index contributed by atoms with van der Waals surface area (Å²) >= 11 is 0. The summed E-state index contributed by atoms with van der Waals surface area (Å²) in [6, 6.07) is 16.8. The molecule has 0 saturated heterocycles. The van der Waals surface area contributed by atoms with Gasteiger partial charge in [-0.05, 0) is 11.6 Å². The summed E-state index contributed by atoms with van der Waals surface area (Å²) in [6.45, 7) is 0.231. The van der Waals surface area contributed by atoms with Crippen molar-refractivity contribution in [1.29, 1.82) is 0 Å². The van der Waals surface area contributed by atoms with Gasteiger partial charge in [0.2, 0.25) is 10.0 Å². The maximum Gasteiger partial charge on any atom is 0.245 e. The Hall–Kier alpha value is -1.85. The van der Waals surface area contributed by atoms with Crippen LogP contribution in [0.25, 0.3) is 0 Å². The maximum atomic E-state index is 12.2. The van der Waals surface area contributed by atoms with Crippen LogP contribution < -0.4 is 9.46 Å². The van der Waals surface area contributed by atoms with E-state index in [4.69, 9.17) is 4.74 Å². The Kier molecular flexibility index (Phi) is 4.19. The minimum absolute atomic E-state index is 0.0217. The van der Waals surface area contributed by atoms with Crippen molar-refractivity contribution in [1.82, 2.24) is 4.72 Å². The highest BCUT2D eigenvalue weighted by Gasteiger charge is 2.18. The normalized spacial score (nSPS) is 11.2. The molecule has 99 valence electrons. The highest BCUT2D eigenvalue weighted by atomic mass is 32.2. The van der Waals surface area contributed by atoms with Gasteiger partial charge >= 0.3 is 0 Å². The standard InChI is InChI=1S/C14H14NO3S/c1-18-13-9-5-6-10-14(13)19(16,17)15-11-12-7-3-2-4-8-12/h2-9,15H,11H2,1H3. The first kappa shape index (κ1) is 13.6. The molecule has 0 unspecified atom stereocenters. The number of ether oxygens (including phenoxy) is 1. The van der Waals surface area contributed by atoms with Crippen molar-refractivity contribution in [2.24, 2.45) is 0 Å². The molecule has 0 spiro atoms. The molecular weight excluding hydrogens is 262 g/mol. The van der Waals surface area contributed by atoms with Crippen molar-refractivity contribution >= 4 is 10.0 Å². The molecular formula is C14H14NO3S. The Bertz CT molecular complexity index is 639. The Morgan fingerprint density at radius 3 is 2.58 bits per heavy atom. The van der Waals surface area contributed by atoms with Crippen LogP contribution in [0.2, 0.25) is 0 Å². The summed E-state index contributed by atoms with van der Waals surface area (Å²) in [7, 11) is -2.20. The summed E-state index contributed by atoms with van der Waals surface area (Å²) in [5, 5.41) is 0. The Morgan fingerprint density at radius 2 is 1.89 bits per heavy atom. The van der Waals surface area contributed by atoms with Crippen LogP contribution in [0.4, 0.5) is 0 Å². The number of sulfonamides is 1. The Morgan fingerprint density at radius 1 is 1.16 bits per heavy atom. The highest BCUT2D eigenvalue weighted by Crippen LogP contribution is 2.22. The minimum Gasteiger partial charge on any atom is -0.495 e. The minimum atomic E-state index is -3.63. The third-order valence-electron chi connectivity index (χ3n) is 2.58. The van der Waals surface area contributed by atoms with Crippen LogP contribution in [0.1, 0.15) is 5.56 Å². The second-order valence-corrected chi connectivity index (χ2v) is 5.58. The zero-order chi connectivity index (χ0) is 13.7. The summed E-state index contributed by atoms with van der Waals surface area (Å²) < 4.78 is 31.9. The first-order chi connectivity index (χ1) is 9.13. The van der Waals surface area contributed by atoms with Gasteiger partial charge < -0.3 is 4.74 Å². The molecule has 0 heterocycles. The van der Waals surface area contributed by atoms with Crippen molar-refractivity contribution < 1.29 is 13.2 Å². The van der Waals surface area contributed by atoms with Crippen LogP contribution >= 0.6 is 0 Å². The molecule has 2 aromatic rings. The third kappa shape index (κ3) is 3.33. The molecule has 0 aromatic heterocycles. The number of rotatable bonds is 5. The first-order valence-electron chi connectivity index (χ1n) is 5.72. The van der Waals surface area contributed by atoms with E-state index in [2.05, 4.69) is 10.8 Å². The first-order valence-corrected chi connectivity index (χ1v) is 7.20. The van der Waals surface area contributed by atoms with Gasteiger partial charge in [0.15, 0.2) is 0 Å². The SMILES string of the molecule is COc1ccc[c]c1S(=O)(=O)NCc1ccccc1. The smallest absolute Gasteiger partial charge is 0.245 e. The molecule has 0 amide bonds. The van der Waals surface area contributed by atoms with Crippen LogP contribution in [-0.2, 0) is 16.6 Å². The van der Waals surface area contributed by atoms with E-state index in [1.165, 1.54) is 7.11 Å². The largest absolute Gasteiger partial charge is 0.495 e. The fraction of sp³-hybridized carbons (Fsp3) is 0.143. The zero-order valence-electron chi connectivity index (χ0n) is 10.5. The molecule has 0 fully saturated rings. The molecule has 1 radical (unpaired) electrons. The summed E-state index contributed by atoms with van der Waals surface area (Å²) in [5.74, 6) is 0.281. The lowest BCUT2D eigenvalue weighted by molar-refractivity contribution is 0.402. The van der Waals surface area contributed by atoms with Gasteiger partial charge in [0, 0.05) is 12.6 Å². The maximum absolute atomic E-state index is 12.2. The molecule has 0 aliphatic heterocycles. The van der Waals surface area contributed by atoms with Crippen LogP contribution in [0, 0.1) is 6.07 Å². The summed E-state index contributed by atoms with van der Waals surface area (Å²) in [6.07, 6.45) is 0. The van der Waals surface area contributed by atoms with E-state index in [1.807, 2.05) is 30.3 Å². The van der Waals surface area contributed by atoms with Crippen LogP contribution in [0.3, 0.4) is 0 Å². The number of nitrogens with one attached hydrogen (secondary N) is 1. The molecule has 0 aliphatic rings. The van der Waals surface area contributed by atoms with Crippen molar-refractivity contribution in [2.45, 2.75) is 11.4 Å². The van der Waals surface area contributed by atoms with Gasteiger partial charge in [0.05, 0.1) is 7.11 Å². The van der Waals surface area contributed by atoms with Crippen molar-refractivity contribution in [3.05, 3.63) is 60.2 Å². The van der Waals surface area contributed by atoms with E-state index in [0.29, 0.717) is 0 Å². The van der Waals surface area contributed by atoms with E-state index in [9.17, 15) is 8.42 Å². The Labute approximate surface area is 113 Å². The molecule has 1 N–H and O–H groups in total. The number of hydrogen-bond donors (Lipinski definition) is 1. The topological polar surface area (TPSA) is 55.4 Å².